The maximum Gasteiger partial charge on any atom is 0.139 e. The Morgan fingerprint density at radius 2 is 2.08 bits per heavy atom. The first-order valence-electron chi connectivity index (χ1n) is 4.09. The minimum Gasteiger partial charge on any atom is -0.495 e. The van der Waals surface area contributed by atoms with E-state index in [-0.39, 0.29) is 0 Å². The average molecular weight is 245 g/mol. The first-order valence-corrected chi connectivity index (χ1v) is 4.88. The summed E-state index contributed by atoms with van der Waals surface area (Å²) >= 11 is 3.42. The van der Waals surface area contributed by atoms with Crippen molar-refractivity contribution in [2.75, 3.05) is 7.11 Å². The molecule has 0 aliphatic carbocycles. The van der Waals surface area contributed by atoms with Crippen molar-refractivity contribution >= 4 is 15.9 Å². The first kappa shape index (κ1) is 10.5. The van der Waals surface area contributed by atoms with E-state index in [1.54, 1.807) is 14.0 Å². The molecule has 0 spiro atoms. The molecule has 1 unspecified atom stereocenters. The third-order valence-corrected chi connectivity index (χ3v) is 2.96. The Hall–Kier alpha value is -0.540. The molecule has 1 N–H and O–H groups in total. The number of halogens is 1. The minimum atomic E-state index is -0.508. The lowest BCUT2D eigenvalue weighted by Crippen LogP contribution is -1.98. The van der Waals surface area contributed by atoms with Crippen molar-refractivity contribution in [2.24, 2.45) is 0 Å². The van der Waals surface area contributed by atoms with E-state index < -0.39 is 6.10 Å². The second-order valence-corrected chi connectivity index (χ2v) is 3.79. The van der Waals surface area contributed by atoms with Crippen LogP contribution in [0.25, 0.3) is 0 Å². The van der Waals surface area contributed by atoms with Crippen LogP contribution in [0.3, 0.4) is 0 Å². The second kappa shape index (κ2) is 4.11. The van der Waals surface area contributed by atoms with E-state index >= 15 is 0 Å². The highest BCUT2D eigenvalue weighted by atomic mass is 79.9. The van der Waals surface area contributed by atoms with Gasteiger partial charge >= 0.3 is 0 Å². The summed E-state index contributed by atoms with van der Waals surface area (Å²) in [5.41, 5.74) is 1.90. The van der Waals surface area contributed by atoms with Crippen molar-refractivity contribution in [3.63, 3.8) is 0 Å². The van der Waals surface area contributed by atoms with Gasteiger partial charge in [-0.05, 0) is 35.3 Å². The van der Waals surface area contributed by atoms with Crippen LogP contribution in [-0.4, -0.2) is 12.2 Å². The molecule has 0 saturated carbocycles. The fraction of sp³-hybridized carbons (Fsp3) is 0.400. The Morgan fingerprint density at radius 1 is 1.46 bits per heavy atom. The summed E-state index contributed by atoms with van der Waals surface area (Å²) in [6.07, 6.45) is -0.508. The van der Waals surface area contributed by atoms with Crippen molar-refractivity contribution in [2.45, 2.75) is 20.0 Å². The molecule has 72 valence electrons. The Kier molecular flexibility index (Phi) is 3.33. The summed E-state index contributed by atoms with van der Waals surface area (Å²) in [6.45, 7) is 3.71. The van der Waals surface area contributed by atoms with Crippen LogP contribution in [0.5, 0.6) is 5.75 Å². The van der Waals surface area contributed by atoms with E-state index in [4.69, 9.17) is 4.74 Å². The van der Waals surface area contributed by atoms with Crippen LogP contribution in [0, 0.1) is 6.92 Å². The van der Waals surface area contributed by atoms with Gasteiger partial charge in [-0.15, -0.1) is 0 Å². The SMILES string of the molecule is COc1c(C(C)O)ccc(C)c1Br. The van der Waals surface area contributed by atoms with Gasteiger partial charge in [-0.1, -0.05) is 12.1 Å². The van der Waals surface area contributed by atoms with Crippen molar-refractivity contribution in [1.82, 2.24) is 0 Å². The van der Waals surface area contributed by atoms with Crippen LogP contribution in [-0.2, 0) is 0 Å². The predicted molar refractivity (Wildman–Crippen MR) is 56.1 cm³/mol. The molecule has 0 fully saturated rings. The molecule has 1 aromatic carbocycles. The first-order chi connectivity index (χ1) is 6.07. The number of aliphatic hydroxyl groups excluding tert-OH is 1. The molecule has 1 rings (SSSR count). The smallest absolute Gasteiger partial charge is 0.139 e. The third-order valence-electron chi connectivity index (χ3n) is 1.97. The quantitative estimate of drug-likeness (QED) is 0.868. The van der Waals surface area contributed by atoms with E-state index in [2.05, 4.69) is 15.9 Å². The summed E-state index contributed by atoms with van der Waals surface area (Å²) in [6, 6.07) is 3.83. The third kappa shape index (κ3) is 2.03. The molecule has 0 aliphatic heterocycles. The standard InChI is InChI=1S/C10H13BrO2/c1-6-4-5-8(7(2)12)10(13-3)9(6)11/h4-5,7,12H,1-3H3. The molecule has 0 saturated heterocycles. The van der Waals surface area contributed by atoms with Gasteiger partial charge in [-0.3, -0.25) is 0 Å². The molecule has 0 bridgehead atoms. The Bertz CT molecular complexity index is 308. The van der Waals surface area contributed by atoms with Crippen LogP contribution in [0.1, 0.15) is 24.2 Å². The molecule has 3 heteroatoms. The molecule has 0 radical (unpaired) electrons. The normalized spacial score (nSPS) is 12.7. The number of hydrogen-bond donors (Lipinski definition) is 1. The van der Waals surface area contributed by atoms with Gasteiger partial charge in [0.15, 0.2) is 0 Å². The number of hydrogen-bond acceptors (Lipinski definition) is 2. The molecule has 13 heavy (non-hydrogen) atoms. The maximum absolute atomic E-state index is 9.45. The van der Waals surface area contributed by atoms with E-state index in [0.29, 0.717) is 0 Å². The highest BCUT2D eigenvalue weighted by Gasteiger charge is 2.12. The number of ether oxygens (including phenoxy) is 1. The van der Waals surface area contributed by atoms with Crippen LogP contribution in [0.15, 0.2) is 16.6 Å². The second-order valence-electron chi connectivity index (χ2n) is 2.99. The molecular formula is C10H13BrO2. The maximum atomic E-state index is 9.45. The van der Waals surface area contributed by atoms with Crippen LogP contribution in [0.4, 0.5) is 0 Å². The molecule has 1 aromatic rings. The van der Waals surface area contributed by atoms with Crippen LogP contribution < -0.4 is 4.74 Å². The lowest BCUT2D eigenvalue weighted by molar-refractivity contribution is 0.194. The van der Waals surface area contributed by atoms with Gasteiger partial charge in [-0.2, -0.15) is 0 Å². The lowest BCUT2D eigenvalue weighted by Gasteiger charge is -2.13. The van der Waals surface area contributed by atoms with Crippen molar-refractivity contribution < 1.29 is 9.84 Å². The molecule has 2 nitrogen and oxygen atoms in total. The number of rotatable bonds is 2. The van der Waals surface area contributed by atoms with Gasteiger partial charge in [-0.25, -0.2) is 0 Å². The highest BCUT2D eigenvalue weighted by Crippen LogP contribution is 2.35. The summed E-state index contributed by atoms with van der Waals surface area (Å²) in [5.74, 6) is 0.718. The zero-order valence-electron chi connectivity index (χ0n) is 7.97. The van der Waals surface area contributed by atoms with Gasteiger partial charge in [0.2, 0.25) is 0 Å². The topological polar surface area (TPSA) is 29.5 Å². The number of benzene rings is 1. The van der Waals surface area contributed by atoms with Crippen molar-refractivity contribution in [3.05, 3.63) is 27.7 Å². The molecule has 1 atom stereocenters. The molecule has 0 heterocycles. The van der Waals surface area contributed by atoms with E-state index in [9.17, 15) is 5.11 Å². The van der Waals surface area contributed by atoms with Gasteiger partial charge < -0.3 is 9.84 Å². The van der Waals surface area contributed by atoms with Crippen molar-refractivity contribution in [3.8, 4) is 5.75 Å². The highest BCUT2D eigenvalue weighted by molar-refractivity contribution is 9.10. The molecular weight excluding hydrogens is 232 g/mol. The fourth-order valence-electron chi connectivity index (χ4n) is 1.21. The van der Waals surface area contributed by atoms with Gasteiger partial charge in [0.05, 0.1) is 17.7 Å². The zero-order chi connectivity index (χ0) is 10.0. The molecule has 0 aliphatic rings. The summed E-state index contributed by atoms with van der Waals surface area (Å²) in [7, 11) is 1.60. The Labute approximate surface area is 86.7 Å². The van der Waals surface area contributed by atoms with E-state index in [1.165, 1.54) is 0 Å². The van der Waals surface area contributed by atoms with E-state index in [0.717, 1.165) is 21.3 Å². The number of aryl methyl sites for hydroxylation is 1. The lowest BCUT2D eigenvalue weighted by atomic mass is 10.1. The summed E-state index contributed by atoms with van der Waals surface area (Å²) in [4.78, 5) is 0. The number of aliphatic hydroxyl groups is 1. The Morgan fingerprint density at radius 3 is 2.54 bits per heavy atom. The predicted octanol–water partition coefficient (Wildman–Crippen LogP) is 2.82. The zero-order valence-corrected chi connectivity index (χ0v) is 9.55. The van der Waals surface area contributed by atoms with Crippen LogP contribution >= 0.6 is 15.9 Å². The largest absolute Gasteiger partial charge is 0.495 e. The van der Waals surface area contributed by atoms with Gasteiger partial charge in [0.1, 0.15) is 5.75 Å². The molecule has 0 aromatic heterocycles. The fourth-order valence-corrected chi connectivity index (χ4v) is 1.73. The van der Waals surface area contributed by atoms with Crippen LogP contribution in [0.2, 0.25) is 0 Å². The summed E-state index contributed by atoms with van der Waals surface area (Å²) in [5, 5.41) is 9.45. The molecule has 0 amide bonds. The number of methoxy groups -OCH3 is 1. The minimum absolute atomic E-state index is 0.508. The van der Waals surface area contributed by atoms with Gasteiger partial charge in [0.25, 0.3) is 0 Å². The van der Waals surface area contributed by atoms with Crippen molar-refractivity contribution in [1.29, 1.82) is 0 Å². The summed E-state index contributed by atoms with van der Waals surface area (Å²) < 4.78 is 6.12. The monoisotopic (exact) mass is 244 g/mol. The average Bonchev–Trinajstić information content (AvgIpc) is 2.09. The Balaban J connectivity index is 3.30. The van der Waals surface area contributed by atoms with Gasteiger partial charge in [0, 0.05) is 5.56 Å². The van der Waals surface area contributed by atoms with E-state index in [1.807, 2.05) is 19.1 Å².